The molecular formula is C18H30O8. The van der Waals surface area contributed by atoms with Gasteiger partial charge >= 0.3 is 17.9 Å². The first-order chi connectivity index (χ1) is 12.3. The molecule has 0 spiro atoms. The summed E-state index contributed by atoms with van der Waals surface area (Å²) in [4.78, 5) is 34.7. The summed E-state index contributed by atoms with van der Waals surface area (Å²) in [6.45, 7) is 5.33. The summed E-state index contributed by atoms with van der Waals surface area (Å²) in [5.41, 5.74) is 0. The quantitative estimate of drug-likeness (QED) is 0.557. The van der Waals surface area contributed by atoms with Crippen molar-refractivity contribution in [2.75, 3.05) is 0 Å². The summed E-state index contributed by atoms with van der Waals surface area (Å²) >= 11 is 0. The van der Waals surface area contributed by atoms with Gasteiger partial charge in [-0.2, -0.15) is 0 Å². The minimum atomic E-state index is -1.22. The van der Waals surface area contributed by atoms with Crippen LogP contribution < -0.4 is 0 Å². The van der Waals surface area contributed by atoms with Crippen LogP contribution in [0.3, 0.4) is 0 Å². The van der Waals surface area contributed by atoms with Crippen molar-refractivity contribution < 1.29 is 38.8 Å². The topological polar surface area (TPSA) is 119 Å². The van der Waals surface area contributed by atoms with Crippen LogP contribution in [-0.2, 0) is 28.6 Å². The molecule has 0 radical (unpaired) electrons. The minimum absolute atomic E-state index is 0.0747. The minimum Gasteiger partial charge on any atom is -0.481 e. The summed E-state index contributed by atoms with van der Waals surface area (Å²) < 4.78 is 16.5. The number of aliphatic carboxylic acids is 1. The number of rotatable bonds is 10. The molecule has 0 aromatic heterocycles. The highest BCUT2D eigenvalue weighted by atomic mass is 16.7. The van der Waals surface area contributed by atoms with Crippen molar-refractivity contribution in [3.63, 3.8) is 0 Å². The summed E-state index contributed by atoms with van der Waals surface area (Å²) in [5.74, 6) is -2.48. The predicted octanol–water partition coefficient (Wildman–Crippen LogP) is 2.02. The zero-order valence-corrected chi connectivity index (χ0v) is 15.7. The third-order valence-corrected chi connectivity index (χ3v) is 4.30. The number of hydrogen-bond donors (Lipinski definition) is 2. The third kappa shape index (κ3) is 6.92. The van der Waals surface area contributed by atoms with Gasteiger partial charge in [0.05, 0.1) is 12.0 Å². The molecule has 8 nitrogen and oxygen atoms in total. The van der Waals surface area contributed by atoms with Crippen molar-refractivity contribution in [2.24, 2.45) is 5.92 Å². The summed E-state index contributed by atoms with van der Waals surface area (Å²) in [6.07, 6.45) is -1.45. The number of aliphatic hydroxyl groups excluding tert-OH is 1. The highest BCUT2D eigenvalue weighted by molar-refractivity contribution is 5.70. The van der Waals surface area contributed by atoms with Crippen LogP contribution in [0.2, 0.25) is 0 Å². The molecule has 5 atom stereocenters. The van der Waals surface area contributed by atoms with Gasteiger partial charge in [0.15, 0.2) is 12.4 Å². The van der Waals surface area contributed by atoms with Crippen LogP contribution in [0.15, 0.2) is 0 Å². The fraction of sp³-hybridized carbons (Fsp3) is 0.833. The van der Waals surface area contributed by atoms with Crippen LogP contribution in [0.5, 0.6) is 0 Å². The average Bonchev–Trinajstić information content (AvgIpc) is 2.54. The number of carbonyl (C=O) groups is 3. The summed E-state index contributed by atoms with van der Waals surface area (Å²) in [5, 5.41) is 19.1. The van der Waals surface area contributed by atoms with Gasteiger partial charge in [-0.15, -0.1) is 0 Å². The van der Waals surface area contributed by atoms with E-state index in [1.54, 1.807) is 6.92 Å². The molecule has 0 saturated carbocycles. The lowest BCUT2D eigenvalue weighted by atomic mass is 9.87. The third-order valence-electron chi connectivity index (χ3n) is 4.30. The molecule has 150 valence electrons. The first-order valence-electron chi connectivity index (χ1n) is 9.24. The molecule has 1 aliphatic heterocycles. The van der Waals surface area contributed by atoms with E-state index < -0.39 is 48.4 Å². The van der Waals surface area contributed by atoms with Gasteiger partial charge in [-0.05, 0) is 32.6 Å². The van der Waals surface area contributed by atoms with Gasteiger partial charge in [-0.1, -0.05) is 13.8 Å². The molecule has 26 heavy (non-hydrogen) atoms. The van der Waals surface area contributed by atoms with Crippen LogP contribution in [0, 0.1) is 5.92 Å². The lowest BCUT2D eigenvalue weighted by Gasteiger charge is -2.43. The molecule has 0 aromatic rings. The standard InChI is InChI=1S/C18H30O8/c1-4-7-14(21)25-16-11(3)24-18(23)12(9-6-10-13(19)20)17(16)26-15(22)8-5-2/h11-12,16-18,23H,4-10H2,1-3H3,(H,19,20)/t11-,12-,16+,17+,18?/m0/s1. The Morgan fingerprint density at radius 2 is 1.50 bits per heavy atom. The summed E-state index contributed by atoms with van der Waals surface area (Å²) in [6, 6.07) is 0. The van der Waals surface area contributed by atoms with Crippen LogP contribution in [0.4, 0.5) is 0 Å². The number of carboxylic acids is 1. The van der Waals surface area contributed by atoms with Gasteiger partial charge in [0.1, 0.15) is 6.10 Å². The highest BCUT2D eigenvalue weighted by Gasteiger charge is 2.47. The van der Waals surface area contributed by atoms with Crippen molar-refractivity contribution >= 4 is 17.9 Å². The van der Waals surface area contributed by atoms with E-state index in [4.69, 9.17) is 19.3 Å². The van der Waals surface area contributed by atoms with E-state index in [0.29, 0.717) is 12.8 Å². The van der Waals surface area contributed by atoms with Crippen LogP contribution in [0.1, 0.15) is 65.7 Å². The predicted molar refractivity (Wildman–Crippen MR) is 91.1 cm³/mol. The van der Waals surface area contributed by atoms with Crippen molar-refractivity contribution in [3.8, 4) is 0 Å². The molecule has 1 unspecified atom stereocenters. The molecule has 0 aliphatic carbocycles. The maximum atomic E-state index is 12.0. The Bertz CT molecular complexity index is 478. The van der Waals surface area contributed by atoms with E-state index in [2.05, 4.69) is 0 Å². The molecule has 0 amide bonds. The van der Waals surface area contributed by atoms with Gasteiger partial charge in [0, 0.05) is 19.3 Å². The van der Waals surface area contributed by atoms with Crippen LogP contribution >= 0.6 is 0 Å². The lowest BCUT2D eigenvalue weighted by molar-refractivity contribution is -0.270. The fourth-order valence-electron chi connectivity index (χ4n) is 3.01. The SMILES string of the molecule is CCCC(=O)O[C@H]1[C@H](OC(=O)CCC)[C@H](CCCC(=O)O)C(O)O[C@H]1C. The molecule has 0 aromatic carbocycles. The van der Waals surface area contributed by atoms with Crippen LogP contribution in [-0.4, -0.2) is 52.7 Å². The molecule has 0 bridgehead atoms. The van der Waals surface area contributed by atoms with Crippen LogP contribution in [0.25, 0.3) is 0 Å². The molecule has 8 heteroatoms. The van der Waals surface area contributed by atoms with Gasteiger partial charge in [-0.3, -0.25) is 14.4 Å². The highest BCUT2D eigenvalue weighted by Crippen LogP contribution is 2.33. The monoisotopic (exact) mass is 374 g/mol. The second-order valence-electron chi connectivity index (χ2n) is 6.59. The maximum absolute atomic E-state index is 12.0. The molecule has 1 fully saturated rings. The average molecular weight is 374 g/mol. The smallest absolute Gasteiger partial charge is 0.306 e. The fourth-order valence-corrected chi connectivity index (χ4v) is 3.01. The van der Waals surface area contributed by atoms with E-state index in [9.17, 15) is 19.5 Å². The zero-order chi connectivity index (χ0) is 19.7. The Balaban J connectivity index is 2.95. The number of carbonyl (C=O) groups excluding carboxylic acids is 2. The molecule has 1 saturated heterocycles. The lowest BCUT2D eigenvalue weighted by Crippen LogP contribution is -2.56. The van der Waals surface area contributed by atoms with Crippen molar-refractivity contribution in [1.29, 1.82) is 0 Å². The number of aliphatic hydroxyl groups is 1. The van der Waals surface area contributed by atoms with E-state index in [1.165, 1.54) is 0 Å². The molecule has 2 N–H and O–H groups in total. The zero-order valence-electron chi connectivity index (χ0n) is 15.7. The van der Waals surface area contributed by atoms with Crippen molar-refractivity contribution in [2.45, 2.75) is 90.3 Å². The maximum Gasteiger partial charge on any atom is 0.306 e. The second-order valence-corrected chi connectivity index (χ2v) is 6.59. The Morgan fingerprint density at radius 1 is 0.962 bits per heavy atom. The Morgan fingerprint density at radius 3 is 2.00 bits per heavy atom. The number of hydrogen-bond acceptors (Lipinski definition) is 7. The number of ether oxygens (including phenoxy) is 3. The Labute approximate surface area is 153 Å². The van der Waals surface area contributed by atoms with Gasteiger partial charge in [0.25, 0.3) is 0 Å². The van der Waals surface area contributed by atoms with E-state index in [-0.39, 0.29) is 32.1 Å². The van der Waals surface area contributed by atoms with E-state index in [0.717, 1.165) is 0 Å². The first kappa shape index (κ1) is 22.4. The Kier molecular flexibility index (Phi) is 9.58. The summed E-state index contributed by atoms with van der Waals surface area (Å²) in [7, 11) is 0. The van der Waals surface area contributed by atoms with Gasteiger partial charge in [-0.25, -0.2) is 0 Å². The van der Waals surface area contributed by atoms with Gasteiger partial charge < -0.3 is 24.4 Å². The molecule has 1 aliphatic rings. The molecular weight excluding hydrogens is 344 g/mol. The van der Waals surface area contributed by atoms with E-state index in [1.807, 2.05) is 13.8 Å². The molecule has 1 heterocycles. The normalized spacial score (nSPS) is 28.4. The van der Waals surface area contributed by atoms with E-state index >= 15 is 0 Å². The number of esters is 2. The second kappa shape index (κ2) is 11.1. The number of carboxylic acid groups (broad SMARTS) is 1. The Hall–Kier alpha value is -1.67. The first-order valence-corrected chi connectivity index (χ1v) is 9.24. The van der Waals surface area contributed by atoms with Crippen molar-refractivity contribution in [3.05, 3.63) is 0 Å². The molecule has 1 rings (SSSR count). The van der Waals surface area contributed by atoms with Crippen molar-refractivity contribution in [1.82, 2.24) is 0 Å². The largest absolute Gasteiger partial charge is 0.481 e. The van der Waals surface area contributed by atoms with Gasteiger partial charge in [0.2, 0.25) is 0 Å².